The lowest BCUT2D eigenvalue weighted by Crippen LogP contribution is -2.17. The summed E-state index contributed by atoms with van der Waals surface area (Å²) in [5.41, 5.74) is -0.385. The number of carbonyl (C=O) groups is 1. The van der Waals surface area contributed by atoms with Gasteiger partial charge in [-0.1, -0.05) is 32.1 Å². The van der Waals surface area contributed by atoms with E-state index < -0.39 is 11.7 Å². The van der Waals surface area contributed by atoms with E-state index >= 15 is 0 Å². The van der Waals surface area contributed by atoms with E-state index in [4.69, 9.17) is 0 Å². The van der Waals surface area contributed by atoms with Crippen molar-refractivity contribution in [1.29, 1.82) is 0 Å². The number of amides is 1. The zero-order valence-electron chi connectivity index (χ0n) is 14.3. The summed E-state index contributed by atoms with van der Waals surface area (Å²) < 4.78 is 40.4. The fraction of sp³-hybridized carbons (Fsp3) is 0.500. The van der Waals surface area contributed by atoms with Crippen molar-refractivity contribution >= 4 is 11.6 Å². The molecule has 2 aromatic rings. The molecule has 1 amide bonds. The van der Waals surface area contributed by atoms with E-state index in [-0.39, 0.29) is 11.6 Å². The summed E-state index contributed by atoms with van der Waals surface area (Å²) in [7, 11) is 0. The number of alkyl halides is 3. The maximum absolute atomic E-state index is 13.0. The van der Waals surface area contributed by atoms with Gasteiger partial charge in [0.05, 0.1) is 16.9 Å². The molecule has 140 valence electrons. The normalized spacial score (nSPS) is 15.8. The minimum absolute atomic E-state index is 0.0824. The Labute approximate surface area is 149 Å². The van der Waals surface area contributed by atoms with Crippen molar-refractivity contribution in [2.45, 2.75) is 51.1 Å². The number of rotatable bonds is 5. The van der Waals surface area contributed by atoms with E-state index in [1.54, 1.807) is 0 Å². The molecular formula is C18H21F3N4O. The van der Waals surface area contributed by atoms with E-state index in [1.165, 1.54) is 42.7 Å². The van der Waals surface area contributed by atoms with Gasteiger partial charge in [0.2, 0.25) is 5.91 Å². The Bertz CT molecular complexity index is 737. The third-order valence-electron chi connectivity index (χ3n) is 4.77. The molecule has 0 unspecified atom stereocenters. The van der Waals surface area contributed by atoms with Gasteiger partial charge in [0.15, 0.2) is 0 Å². The van der Waals surface area contributed by atoms with Crippen LogP contribution in [0.5, 0.6) is 0 Å². The third kappa shape index (κ3) is 4.62. The molecule has 1 aromatic heterocycles. The Morgan fingerprint density at radius 1 is 1.23 bits per heavy atom. The highest BCUT2D eigenvalue weighted by molar-refractivity contribution is 5.93. The maximum Gasteiger partial charge on any atom is 0.416 e. The second-order valence-corrected chi connectivity index (χ2v) is 6.66. The van der Waals surface area contributed by atoms with Crippen molar-refractivity contribution in [2.75, 3.05) is 5.32 Å². The Hall–Kier alpha value is -2.38. The van der Waals surface area contributed by atoms with Crippen LogP contribution >= 0.6 is 0 Å². The SMILES string of the molecule is O=C(CCC1CCCCC1)Nc1cc(C(F)(F)F)ccc1-n1cncn1. The lowest BCUT2D eigenvalue weighted by molar-refractivity contribution is -0.137. The van der Waals surface area contributed by atoms with Crippen molar-refractivity contribution in [2.24, 2.45) is 5.92 Å². The number of nitrogens with zero attached hydrogens (tertiary/aromatic N) is 3. The van der Waals surface area contributed by atoms with Crippen LogP contribution in [-0.4, -0.2) is 20.7 Å². The predicted octanol–water partition coefficient (Wildman–Crippen LogP) is 4.59. The molecule has 1 aliphatic carbocycles. The Morgan fingerprint density at radius 3 is 2.65 bits per heavy atom. The van der Waals surface area contributed by atoms with Crippen molar-refractivity contribution in [3.63, 3.8) is 0 Å². The lowest BCUT2D eigenvalue weighted by atomic mass is 9.86. The van der Waals surface area contributed by atoms with Crippen LogP contribution < -0.4 is 5.32 Å². The number of benzene rings is 1. The largest absolute Gasteiger partial charge is 0.416 e. The van der Waals surface area contributed by atoms with E-state index in [0.717, 1.165) is 31.4 Å². The van der Waals surface area contributed by atoms with Gasteiger partial charge >= 0.3 is 6.18 Å². The third-order valence-corrected chi connectivity index (χ3v) is 4.77. The van der Waals surface area contributed by atoms with Crippen molar-refractivity contribution in [1.82, 2.24) is 14.8 Å². The summed E-state index contributed by atoms with van der Waals surface area (Å²) in [4.78, 5) is 16.1. The number of nitrogens with one attached hydrogen (secondary N) is 1. The summed E-state index contributed by atoms with van der Waals surface area (Å²) in [5, 5.41) is 6.56. The molecule has 1 saturated carbocycles. The number of hydrogen-bond donors (Lipinski definition) is 1. The Balaban J connectivity index is 1.74. The van der Waals surface area contributed by atoms with Crippen LogP contribution in [0.4, 0.5) is 18.9 Å². The number of halogens is 3. The Kier molecular flexibility index (Phi) is 5.58. The molecule has 1 N–H and O–H groups in total. The van der Waals surface area contributed by atoms with Gasteiger partial charge < -0.3 is 5.32 Å². The number of hydrogen-bond acceptors (Lipinski definition) is 3. The van der Waals surface area contributed by atoms with Gasteiger partial charge in [0, 0.05) is 6.42 Å². The molecule has 0 aliphatic heterocycles. The van der Waals surface area contributed by atoms with Gasteiger partial charge in [0.25, 0.3) is 0 Å². The van der Waals surface area contributed by atoms with Gasteiger partial charge in [-0.05, 0) is 30.5 Å². The lowest BCUT2D eigenvalue weighted by Gasteiger charge is -2.21. The molecule has 5 nitrogen and oxygen atoms in total. The van der Waals surface area contributed by atoms with Crippen molar-refractivity contribution < 1.29 is 18.0 Å². The molecule has 1 fully saturated rings. The van der Waals surface area contributed by atoms with E-state index in [1.807, 2.05) is 0 Å². The molecule has 1 aliphatic rings. The smallest absolute Gasteiger partial charge is 0.324 e. The predicted molar refractivity (Wildman–Crippen MR) is 90.8 cm³/mol. The second-order valence-electron chi connectivity index (χ2n) is 6.66. The topological polar surface area (TPSA) is 59.8 Å². The molecule has 0 saturated heterocycles. The molecule has 1 aromatic carbocycles. The van der Waals surface area contributed by atoms with Crippen LogP contribution in [0.1, 0.15) is 50.5 Å². The minimum atomic E-state index is -4.48. The first-order chi connectivity index (χ1) is 12.4. The van der Waals surface area contributed by atoms with Crippen molar-refractivity contribution in [3.8, 4) is 5.69 Å². The van der Waals surface area contributed by atoms with Gasteiger partial charge in [0.1, 0.15) is 12.7 Å². The molecule has 3 rings (SSSR count). The van der Waals surface area contributed by atoms with Crippen LogP contribution in [0.15, 0.2) is 30.9 Å². The molecule has 0 radical (unpaired) electrons. The van der Waals surface area contributed by atoms with Gasteiger partial charge in [-0.15, -0.1) is 0 Å². The average Bonchev–Trinajstić information content (AvgIpc) is 3.14. The summed E-state index contributed by atoms with van der Waals surface area (Å²) >= 11 is 0. The molecule has 26 heavy (non-hydrogen) atoms. The molecule has 1 heterocycles. The zero-order valence-corrected chi connectivity index (χ0v) is 14.3. The highest BCUT2D eigenvalue weighted by atomic mass is 19.4. The molecule has 8 heteroatoms. The zero-order chi connectivity index (χ0) is 18.6. The fourth-order valence-electron chi connectivity index (χ4n) is 3.37. The van der Waals surface area contributed by atoms with Crippen LogP contribution in [0.3, 0.4) is 0 Å². The van der Waals surface area contributed by atoms with Crippen molar-refractivity contribution in [3.05, 3.63) is 36.4 Å². The van der Waals surface area contributed by atoms with Crippen LogP contribution in [0, 0.1) is 5.92 Å². The monoisotopic (exact) mass is 366 g/mol. The van der Waals surface area contributed by atoms with E-state index in [2.05, 4.69) is 15.4 Å². The van der Waals surface area contributed by atoms with E-state index in [0.29, 0.717) is 18.0 Å². The van der Waals surface area contributed by atoms with Gasteiger partial charge in [-0.2, -0.15) is 18.3 Å². The highest BCUT2D eigenvalue weighted by Gasteiger charge is 2.31. The second kappa shape index (κ2) is 7.88. The molecule has 0 spiro atoms. The Morgan fingerprint density at radius 2 is 2.00 bits per heavy atom. The maximum atomic E-state index is 13.0. The molecule has 0 atom stereocenters. The summed E-state index contributed by atoms with van der Waals surface area (Å²) in [6, 6.07) is 3.19. The van der Waals surface area contributed by atoms with Gasteiger partial charge in [-0.3, -0.25) is 4.79 Å². The number of carbonyl (C=O) groups excluding carboxylic acids is 1. The number of anilines is 1. The average molecular weight is 366 g/mol. The summed E-state index contributed by atoms with van der Waals surface area (Å²) in [6.07, 6.45) is 5.12. The van der Waals surface area contributed by atoms with Crippen LogP contribution in [0.2, 0.25) is 0 Å². The highest BCUT2D eigenvalue weighted by Crippen LogP contribution is 2.33. The minimum Gasteiger partial charge on any atom is -0.324 e. The van der Waals surface area contributed by atoms with Gasteiger partial charge in [-0.25, -0.2) is 9.67 Å². The van der Waals surface area contributed by atoms with Crippen LogP contribution in [-0.2, 0) is 11.0 Å². The molecule has 0 bridgehead atoms. The quantitative estimate of drug-likeness (QED) is 0.842. The molecular weight excluding hydrogens is 345 g/mol. The first-order valence-electron chi connectivity index (χ1n) is 8.79. The first-order valence-corrected chi connectivity index (χ1v) is 8.79. The summed E-state index contributed by atoms with van der Waals surface area (Å²) in [6.45, 7) is 0. The fourth-order valence-corrected chi connectivity index (χ4v) is 3.37. The van der Waals surface area contributed by atoms with Crippen LogP contribution in [0.25, 0.3) is 5.69 Å². The number of aromatic nitrogens is 3. The standard InChI is InChI=1S/C18H21F3N4O/c19-18(20,21)14-7-8-16(25-12-22-11-23-25)15(10-14)24-17(26)9-6-13-4-2-1-3-5-13/h7-8,10-13H,1-6,9H2,(H,24,26). The van der Waals surface area contributed by atoms with E-state index in [9.17, 15) is 18.0 Å². The first kappa shape index (κ1) is 18.4. The summed E-state index contributed by atoms with van der Waals surface area (Å²) in [5.74, 6) is 0.252.